The second-order valence-corrected chi connectivity index (χ2v) is 16.0. The van der Waals surface area contributed by atoms with Crippen LogP contribution in [0.4, 0.5) is 5.69 Å². The van der Waals surface area contributed by atoms with Crippen LogP contribution in [0.25, 0.3) is 22.0 Å². The number of benzene rings is 3. The zero-order valence-corrected chi connectivity index (χ0v) is 38.7. The number of nitro groups is 1. The molecule has 3 aromatic carbocycles. The van der Waals surface area contributed by atoms with E-state index in [9.17, 15) is 24.5 Å². The van der Waals surface area contributed by atoms with Gasteiger partial charge in [0.2, 0.25) is 0 Å². The third-order valence-corrected chi connectivity index (χ3v) is 10.8. The average Bonchev–Trinajstić information content (AvgIpc) is 3.69. The number of hydrogen-bond donors (Lipinski definition) is 0. The summed E-state index contributed by atoms with van der Waals surface area (Å²) in [4.78, 5) is 50.5. The molecule has 334 valence electrons. The second-order valence-electron chi connectivity index (χ2n) is 15.7. The highest BCUT2D eigenvalue weighted by atomic mass is 35.5. The maximum atomic E-state index is 14.3. The minimum Gasteiger partial charge on any atom is -0.494 e. The predicted molar refractivity (Wildman–Crippen MR) is 240 cm³/mol. The molecular weight excluding hydrogens is 816 g/mol. The van der Waals surface area contributed by atoms with Crippen molar-refractivity contribution in [2.24, 2.45) is 7.05 Å². The molecule has 0 unspecified atom stereocenters. The summed E-state index contributed by atoms with van der Waals surface area (Å²) in [6.45, 7) is 18.6. The summed E-state index contributed by atoms with van der Waals surface area (Å²) in [6, 6.07) is 12.5. The van der Waals surface area contributed by atoms with Gasteiger partial charge in [0.1, 0.15) is 17.0 Å². The van der Waals surface area contributed by atoms with E-state index in [0.29, 0.717) is 48.7 Å². The minimum atomic E-state index is -1.02. The number of carbonyl (C=O) groups excluding carboxylic acids is 3. The number of fused-ring (bicyclic) bond motifs is 1. The van der Waals surface area contributed by atoms with Crippen LogP contribution in [0.5, 0.6) is 5.75 Å². The largest absolute Gasteiger partial charge is 0.494 e. The van der Waals surface area contributed by atoms with Crippen LogP contribution >= 0.6 is 11.6 Å². The van der Waals surface area contributed by atoms with Crippen LogP contribution in [0, 0.1) is 37.8 Å². The van der Waals surface area contributed by atoms with E-state index in [0.717, 1.165) is 70.1 Å². The van der Waals surface area contributed by atoms with Crippen molar-refractivity contribution in [1.82, 2.24) is 14.3 Å². The maximum absolute atomic E-state index is 14.3. The van der Waals surface area contributed by atoms with E-state index in [1.54, 1.807) is 0 Å². The number of methoxy groups -OCH3 is 2. The first kappa shape index (κ1) is 48.9. The summed E-state index contributed by atoms with van der Waals surface area (Å²) >= 11 is 6.40. The lowest BCUT2D eigenvalue weighted by atomic mass is 9.98. The number of nitro benzene ring substituents is 1. The van der Waals surface area contributed by atoms with Gasteiger partial charge in [-0.25, -0.2) is 14.4 Å². The van der Waals surface area contributed by atoms with Gasteiger partial charge in [-0.2, -0.15) is 5.10 Å². The molecule has 2 aromatic heterocycles. The number of esters is 3. The minimum absolute atomic E-state index is 0.151. The van der Waals surface area contributed by atoms with E-state index in [4.69, 9.17) is 40.4 Å². The fraction of sp³-hybridized carbons (Fsp3) is 0.447. The molecule has 0 aliphatic carbocycles. The van der Waals surface area contributed by atoms with E-state index in [2.05, 4.69) is 6.07 Å². The van der Waals surface area contributed by atoms with Crippen LogP contribution in [-0.4, -0.2) is 76.8 Å². The summed E-state index contributed by atoms with van der Waals surface area (Å²) in [5, 5.41) is 18.3. The van der Waals surface area contributed by atoms with E-state index in [1.165, 1.54) is 12.1 Å². The Hall–Kier alpha value is -5.73. The van der Waals surface area contributed by atoms with E-state index in [1.807, 2.05) is 103 Å². The van der Waals surface area contributed by atoms with Gasteiger partial charge in [0, 0.05) is 53.5 Å². The number of aryl methyl sites for hydroxylation is 6. The molecule has 62 heavy (non-hydrogen) atoms. The first-order valence-corrected chi connectivity index (χ1v) is 21.1. The van der Waals surface area contributed by atoms with Crippen LogP contribution in [0.2, 0.25) is 5.02 Å². The van der Waals surface area contributed by atoms with Gasteiger partial charge in [0.05, 0.1) is 49.1 Å². The Morgan fingerprint density at radius 2 is 1.53 bits per heavy atom. The fourth-order valence-electron chi connectivity index (χ4n) is 7.49. The van der Waals surface area contributed by atoms with Crippen molar-refractivity contribution in [1.29, 1.82) is 0 Å². The lowest BCUT2D eigenvalue weighted by Gasteiger charge is -2.21. The quantitative estimate of drug-likeness (QED) is 0.0287. The Kier molecular flexibility index (Phi) is 16.9. The monoisotopic (exact) mass is 874 g/mol. The molecule has 0 fully saturated rings. The van der Waals surface area contributed by atoms with Crippen LogP contribution < -0.4 is 4.74 Å². The molecule has 0 radical (unpaired) electrons. The van der Waals surface area contributed by atoms with Crippen molar-refractivity contribution >= 4 is 46.1 Å². The molecule has 5 rings (SSSR count). The molecule has 15 heteroatoms. The summed E-state index contributed by atoms with van der Waals surface area (Å²) in [6.07, 6.45) is 1.84. The van der Waals surface area contributed by atoms with E-state index >= 15 is 0 Å². The number of carbonyl (C=O) groups is 3. The van der Waals surface area contributed by atoms with Crippen molar-refractivity contribution in [3.63, 3.8) is 0 Å². The van der Waals surface area contributed by atoms with Gasteiger partial charge in [0.15, 0.2) is 5.56 Å². The van der Waals surface area contributed by atoms with Gasteiger partial charge in [-0.05, 0) is 115 Å². The smallest absolute Gasteiger partial charge is 0.355 e. The highest BCUT2D eigenvalue weighted by Crippen LogP contribution is 2.39. The molecular formula is C47H59ClN4O10. The number of halogens is 1. The fourth-order valence-corrected chi connectivity index (χ4v) is 7.60. The molecule has 0 aliphatic rings. The summed E-state index contributed by atoms with van der Waals surface area (Å²) < 4.78 is 31.7. The predicted octanol–water partition coefficient (Wildman–Crippen LogP) is 10.1. The molecule has 0 bridgehead atoms. The molecule has 0 saturated heterocycles. The normalized spacial score (nSPS) is 11.2. The Morgan fingerprint density at radius 1 is 0.871 bits per heavy atom. The molecule has 0 aliphatic heterocycles. The maximum Gasteiger partial charge on any atom is 0.355 e. The lowest BCUT2D eigenvalue weighted by molar-refractivity contribution is -0.385. The van der Waals surface area contributed by atoms with Crippen LogP contribution in [0.15, 0.2) is 42.5 Å². The first-order valence-electron chi connectivity index (χ1n) is 20.7. The molecule has 0 spiro atoms. The van der Waals surface area contributed by atoms with Gasteiger partial charge < -0.3 is 28.3 Å². The number of ether oxygens (including phenoxy) is 5. The third kappa shape index (κ3) is 11.2. The number of hydrogen-bond acceptors (Lipinski definition) is 11. The summed E-state index contributed by atoms with van der Waals surface area (Å²) in [5.74, 6) is -1.64. The molecule has 0 saturated carbocycles. The van der Waals surface area contributed by atoms with E-state index in [-0.39, 0.29) is 25.2 Å². The van der Waals surface area contributed by atoms with Crippen LogP contribution in [-0.2, 0) is 45.4 Å². The number of nitrogens with zero attached hydrogens (tertiary/aromatic N) is 4. The van der Waals surface area contributed by atoms with Crippen LogP contribution in [0.3, 0.4) is 0 Å². The number of rotatable bonds is 17. The molecule has 2 heterocycles. The molecule has 14 nitrogen and oxygen atoms in total. The van der Waals surface area contributed by atoms with Gasteiger partial charge in [-0.1, -0.05) is 43.6 Å². The SMILES string of the molecule is CC.COC(=O)c1cc(CCOCCCn2c(C(=O)OC(C)(C)C)c(CCCOc3cc(C)c(Cl)c(C)c3)c3cccc(-c4c(C)nn(C)c4C)c32)cc([N+](=O)[O-])c1C(=O)OC. The molecule has 5 aromatic rings. The first-order chi connectivity index (χ1) is 29.4. The molecule has 0 amide bonds. The second kappa shape index (κ2) is 21.4. The average molecular weight is 875 g/mol. The highest BCUT2D eigenvalue weighted by molar-refractivity contribution is 6.32. The van der Waals surface area contributed by atoms with Crippen molar-refractivity contribution in [2.75, 3.05) is 34.0 Å². The third-order valence-electron chi connectivity index (χ3n) is 10.2. The van der Waals surface area contributed by atoms with E-state index < -0.39 is 39.7 Å². The number of para-hydroxylation sites is 1. The lowest BCUT2D eigenvalue weighted by Crippen LogP contribution is -2.26. The Balaban J connectivity index is 0.00000416. The number of aromatic nitrogens is 3. The van der Waals surface area contributed by atoms with Crippen LogP contribution in [0.1, 0.15) is 112 Å². The zero-order valence-electron chi connectivity index (χ0n) is 37.9. The Morgan fingerprint density at radius 3 is 2.11 bits per heavy atom. The molecule has 0 atom stereocenters. The topological polar surface area (TPSA) is 163 Å². The van der Waals surface area contributed by atoms with Gasteiger partial charge >= 0.3 is 17.9 Å². The summed E-state index contributed by atoms with van der Waals surface area (Å²) in [5.41, 5.74) is 6.15. The Labute approximate surface area is 368 Å². The van der Waals surface area contributed by atoms with Crippen molar-refractivity contribution in [3.8, 4) is 16.9 Å². The Bertz CT molecular complexity index is 2420. The standard InChI is InChI=1S/C45H53ClN4O10.C2H6/c1-26-22-31(23-27(2)39(26)46)59-20-12-16-33-32-14-11-15-34(37-28(3)47-48(8)29(37)4)40(32)49(41(33)44(53)60-45(5,6)7)18-13-19-58-21-17-30-24-35(42(51)56-9)38(43(52)57-10)36(25-30)50(54)55;1-2/h11,14-15,22-25H,12-13,16-21H2,1-10H3;1-2H3. The van der Waals surface area contributed by atoms with Crippen molar-refractivity contribution < 1.29 is 43.0 Å². The zero-order chi connectivity index (χ0) is 46.1. The van der Waals surface area contributed by atoms with Crippen molar-refractivity contribution in [2.45, 2.75) is 100 Å². The van der Waals surface area contributed by atoms with Gasteiger partial charge in [-0.3, -0.25) is 14.8 Å². The molecule has 0 N–H and O–H groups in total. The highest BCUT2D eigenvalue weighted by Gasteiger charge is 2.31. The van der Waals surface area contributed by atoms with Gasteiger partial charge in [-0.15, -0.1) is 0 Å². The van der Waals surface area contributed by atoms with Gasteiger partial charge in [0.25, 0.3) is 5.69 Å². The van der Waals surface area contributed by atoms with Crippen molar-refractivity contribution in [3.05, 3.63) is 108 Å². The summed E-state index contributed by atoms with van der Waals surface area (Å²) in [7, 11) is 4.10.